The number of amides is 1. The Kier molecular flexibility index (Phi) is 6.46. The Labute approximate surface area is 147 Å². The summed E-state index contributed by atoms with van der Waals surface area (Å²) >= 11 is 12.3. The van der Waals surface area contributed by atoms with Crippen LogP contribution in [-0.4, -0.2) is 19.5 Å². The van der Waals surface area contributed by atoms with E-state index in [-0.39, 0.29) is 11.8 Å². The molecule has 2 rings (SSSR count). The lowest BCUT2D eigenvalue weighted by atomic mass is 9.99. The van der Waals surface area contributed by atoms with Crippen LogP contribution in [-0.2, 0) is 11.3 Å². The Bertz CT molecular complexity index is 688. The average Bonchev–Trinajstić information content (AvgIpc) is 2.53. The van der Waals surface area contributed by atoms with Crippen LogP contribution >= 0.6 is 23.2 Å². The Balaban J connectivity index is 2.19. The van der Waals surface area contributed by atoms with Crippen LogP contribution < -0.4 is 10.6 Å². The molecule has 0 heterocycles. The smallest absolute Gasteiger partial charge is 0.224 e. The summed E-state index contributed by atoms with van der Waals surface area (Å²) < 4.78 is 0. The van der Waals surface area contributed by atoms with Crippen molar-refractivity contribution in [3.63, 3.8) is 0 Å². The maximum Gasteiger partial charge on any atom is 0.224 e. The fourth-order valence-corrected chi connectivity index (χ4v) is 2.91. The van der Waals surface area contributed by atoms with Crippen molar-refractivity contribution < 1.29 is 4.79 Å². The van der Waals surface area contributed by atoms with Gasteiger partial charge in [-0.05, 0) is 30.3 Å². The average molecular weight is 351 g/mol. The van der Waals surface area contributed by atoms with Crippen LogP contribution in [0.5, 0.6) is 0 Å². The van der Waals surface area contributed by atoms with Gasteiger partial charge in [-0.3, -0.25) is 4.79 Å². The molecule has 0 aliphatic heterocycles. The van der Waals surface area contributed by atoms with Crippen molar-refractivity contribution in [2.24, 2.45) is 5.92 Å². The van der Waals surface area contributed by atoms with Gasteiger partial charge >= 0.3 is 0 Å². The fourth-order valence-electron chi connectivity index (χ4n) is 2.40. The Morgan fingerprint density at radius 3 is 2.57 bits per heavy atom. The molecule has 23 heavy (non-hydrogen) atoms. The summed E-state index contributed by atoms with van der Waals surface area (Å²) in [6, 6.07) is 13.3. The van der Waals surface area contributed by atoms with Crippen molar-refractivity contribution in [2.45, 2.75) is 13.5 Å². The number of carbonyl (C=O) groups excluding carboxylic acids is 1. The number of benzene rings is 2. The Morgan fingerprint density at radius 1 is 1.13 bits per heavy atom. The summed E-state index contributed by atoms with van der Waals surface area (Å²) in [7, 11) is 1.83. The zero-order valence-corrected chi connectivity index (χ0v) is 14.7. The van der Waals surface area contributed by atoms with Crippen molar-refractivity contribution >= 4 is 29.1 Å². The summed E-state index contributed by atoms with van der Waals surface area (Å²) in [5, 5.41) is 7.18. The monoisotopic (exact) mass is 350 g/mol. The van der Waals surface area contributed by atoms with E-state index in [4.69, 9.17) is 23.2 Å². The molecule has 5 heteroatoms. The summed E-state index contributed by atoms with van der Waals surface area (Å²) in [4.78, 5) is 12.1. The molecule has 0 fully saturated rings. The molecule has 2 aromatic carbocycles. The van der Waals surface area contributed by atoms with E-state index in [0.29, 0.717) is 23.1 Å². The van der Waals surface area contributed by atoms with Crippen molar-refractivity contribution in [1.29, 1.82) is 0 Å². The van der Waals surface area contributed by atoms with Crippen LogP contribution in [0.25, 0.3) is 11.1 Å². The first-order valence-electron chi connectivity index (χ1n) is 7.48. The minimum Gasteiger partial charge on any atom is -0.352 e. The van der Waals surface area contributed by atoms with Crippen LogP contribution in [0.2, 0.25) is 10.0 Å². The second-order valence-electron chi connectivity index (χ2n) is 5.46. The largest absolute Gasteiger partial charge is 0.352 e. The highest BCUT2D eigenvalue weighted by atomic mass is 35.5. The van der Waals surface area contributed by atoms with Crippen LogP contribution in [0.3, 0.4) is 0 Å². The van der Waals surface area contributed by atoms with Gasteiger partial charge in [0.2, 0.25) is 5.91 Å². The van der Waals surface area contributed by atoms with E-state index in [2.05, 4.69) is 10.6 Å². The molecule has 2 aromatic rings. The van der Waals surface area contributed by atoms with E-state index >= 15 is 0 Å². The first kappa shape index (κ1) is 17.8. The Hall–Kier alpha value is -1.55. The molecule has 0 aliphatic carbocycles. The molecule has 3 nitrogen and oxygen atoms in total. The summed E-state index contributed by atoms with van der Waals surface area (Å²) in [5.74, 6) is -0.0531. The molecule has 0 spiro atoms. The third kappa shape index (κ3) is 4.71. The van der Waals surface area contributed by atoms with E-state index in [1.807, 2.05) is 50.4 Å². The van der Waals surface area contributed by atoms with Gasteiger partial charge in [-0.1, -0.05) is 60.5 Å². The van der Waals surface area contributed by atoms with Gasteiger partial charge < -0.3 is 10.6 Å². The second-order valence-corrected chi connectivity index (χ2v) is 6.30. The molecule has 0 radical (unpaired) electrons. The highest BCUT2D eigenvalue weighted by Gasteiger charge is 2.13. The van der Waals surface area contributed by atoms with Gasteiger partial charge in [0.1, 0.15) is 0 Å². The first-order chi connectivity index (χ1) is 11.0. The fraction of sp³-hybridized carbons (Fsp3) is 0.278. The molecule has 1 atom stereocenters. The molecule has 122 valence electrons. The zero-order valence-electron chi connectivity index (χ0n) is 13.2. The second kappa shape index (κ2) is 8.34. The molecule has 0 saturated carbocycles. The van der Waals surface area contributed by atoms with Crippen LogP contribution in [0.1, 0.15) is 12.5 Å². The standard InChI is InChI=1S/C18H20Cl2N2O/c1-12(10-21-2)18(23)22-11-13-5-3-4-6-15(13)16-8-7-14(19)9-17(16)20/h3-9,12,21H,10-11H2,1-2H3,(H,22,23). The van der Waals surface area contributed by atoms with Crippen molar-refractivity contribution in [1.82, 2.24) is 10.6 Å². The van der Waals surface area contributed by atoms with Crippen LogP contribution in [0.4, 0.5) is 0 Å². The van der Waals surface area contributed by atoms with Gasteiger partial charge in [-0.2, -0.15) is 0 Å². The lowest BCUT2D eigenvalue weighted by Gasteiger charge is -2.15. The number of hydrogen-bond acceptors (Lipinski definition) is 2. The topological polar surface area (TPSA) is 41.1 Å². The molecule has 1 amide bonds. The molecule has 1 unspecified atom stereocenters. The minimum atomic E-state index is -0.0775. The third-order valence-corrected chi connectivity index (χ3v) is 4.20. The third-order valence-electron chi connectivity index (χ3n) is 3.65. The van der Waals surface area contributed by atoms with Gasteiger partial charge in [0.25, 0.3) is 0 Å². The molecule has 0 saturated heterocycles. The summed E-state index contributed by atoms with van der Waals surface area (Å²) in [5.41, 5.74) is 2.92. The maximum atomic E-state index is 12.1. The normalized spacial score (nSPS) is 12.0. The maximum absolute atomic E-state index is 12.1. The predicted molar refractivity (Wildman–Crippen MR) is 96.8 cm³/mol. The summed E-state index contributed by atoms with van der Waals surface area (Å²) in [6.07, 6.45) is 0. The van der Waals surface area contributed by atoms with E-state index in [1.165, 1.54) is 0 Å². The highest BCUT2D eigenvalue weighted by Crippen LogP contribution is 2.32. The molecule has 0 aromatic heterocycles. The quantitative estimate of drug-likeness (QED) is 0.822. The van der Waals surface area contributed by atoms with E-state index in [0.717, 1.165) is 16.7 Å². The van der Waals surface area contributed by atoms with Gasteiger partial charge in [0.15, 0.2) is 0 Å². The number of hydrogen-bond donors (Lipinski definition) is 2. The highest BCUT2D eigenvalue weighted by molar-refractivity contribution is 6.36. The molecule has 0 bridgehead atoms. The number of nitrogens with one attached hydrogen (secondary N) is 2. The number of carbonyl (C=O) groups is 1. The van der Waals surface area contributed by atoms with Crippen LogP contribution in [0, 0.1) is 5.92 Å². The SMILES string of the molecule is CNCC(C)C(=O)NCc1ccccc1-c1ccc(Cl)cc1Cl. The van der Waals surface area contributed by atoms with Gasteiger partial charge in [0, 0.05) is 34.6 Å². The van der Waals surface area contributed by atoms with Gasteiger partial charge in [-0.15, -0.1) is 0 Å². The lowest BCUT2D eigenvalue weighted by molar-refractivity contribution is -0.124. The molecular weight excluding hydrogens is 331 g/mol. The number of rotatable bonds is 6. The molecular formula is C18H20Cl2N2O. The number of halogens is 2. The minimum absolute atomic E-state index is 0.0244. The van der Waals surface area contributed by atoms with Crippen LogP contribution in [0.15, 0.2) is 42.5 Å². The van der Waals surface area contributed by atoms with E-state index < -0.39 is 0 Å². The Morgan fingerprint density at radius 2 is 1.87 bits per heavy atom. The van der Waals surface area contributed by atoms with Gasteiger partial charge in [0.05, 0.1) is 0 Å². The van der Waals surface area contributed by atoms with Crippen molar-refractivity contribution in [2.75, 3.05) is 13.6 Å². The predicted octanol–water partition coefficient (Wildman–Crippen LogP) is 4.13. The zero-order chi connectivity index (χ0) is 16.8. The summed E-state index contributed by atoms with van der Waals surface area (Å²) in [6.45, 7) is 3.01. The van der Waals surface area contributed by atoms with Crippen molar-refractivity contribution in [3.8, 4) is 11.1 Å². The van der Waals surface area contributed by atoms with Crippen molar-refractivity contribution in [3.05, 3.63) is 58.1 Å². The lowest BCUT2D eigenvalue weighted by Crippen LogP contribution is -2.34. The van der Waals surface area contributed by atoms with E-state index in [9.17, 15) is 4.79 Å². The molecule has 0 aliphatic rings. The molecule has 2 N–H and O–H groups in total. The first-order valence-corrected chi connectivity index (χ1v) is 8.24. The van der Waals surface area contributed by atoms with E-state index in [1.54, 1.807) is 6.07 Å². The van der Waals surface area contributed by atoms with Gasteiger partial charge in [-0.25, -0.2) is 0 Å².